The van der Waals surface area contributed by atoms with E-state index in [1.54, 1.807) is 0 Å². The van der Waals surface area contributed by atoms with Crippen molar-refractivity contribution in [1.29, 1.82) is 0 Å². The zero-order chi connectivity index (χ0) is 15.9. The summed E-state index contributed by atoms with van der Waals surface area (Å²) in [5.41, 5.74) is 1.99. The van der Waals surface area contributed by atoms with Gasteiger partial charge in [-0.3, -0.25) is 0 Å². The largest absolute Gasteiger partial charge is 0.492 e. The normalized spacial score (nSPS) is 19.5. The van der Waals surface area contributed by atoms with Gasteiger partial charge in [0.05, 0.1) is 35.2 Å². The SMILES string of the molecule is C=CCC1(COc2ccc3c(nnn3CC3CC3)c2Br)COC1. The van der Waals surface area contributed by atoms with Crippen LogP contribution in [0.25, 0.3) is 11.0 Å². The molecule has 0 amide bonds. The molecule has 6 heteroatoms. The van der Waals surface area contributed by atoms with Crippen molar-refractivity contribution in [2.24, 2.45) is 11.3 Å². The fourth-order valence-corrected chi connectivity index (χ4v) is 3.49. The Balaban J connectivity index is 1.53. The van der Waals surface area contributed by atoms with Gasteiger partial charge in [0.15, 0.2) is 0 Å². The minimum Gasteiger partial charge on any atom is -0.492 e. The molecule has 2 fully saturated rings. The third-order valence-electron chi connectivity index (χ3n) is 4.65. The molecule has 122 valence electrons. The average Bonchev–Trinajstić information content (AvgIpc) is 3.23. The minimum absolute atomic E-state index is 0.0692. The van der Waals surface area contributed by atoms with Crippen molar-refractivity contribution in [3.63, 3.8) is 0 Å². The second kappa shape index (κ2) is 5.91. The van der Waals surface area contributed by atoms with Gasteiger partial charge in [-0.1, -0.05) is 11.3 Å². The first-order valence-corrected chi connectivity index (χ1v) is 8.83. The molecule has 0 bridgehead atoms. The monoisotopic (exact) mass is 377 g/mol. The number of nitrogens with zero attached hydrogens (tertiary/aromatic N) is 3. The van der Waals surface area contributed by atoms with E-state index in [1.165, 1.54) is 12.8 Å². The molecule has 0 atom stereocenters. The summed E-state index contributed by atoms with van der Waals surface area (Å²) < 4.78 is 14.3. The summed E-state index contributed by atoms with van der Waals surface area (Å²) in [5.74, 6) is 1.58. The van der Waals surface area contributed by atoms with E-state index >= 15 is 0 Å². The second-order valence-electron chi connectivity index (χ2n) is 6.73. The number of ether oxygens (including phenoxy) is 2. The van der Waals surface area contributed by atoms with Crippen LogP contribution in [-0.4, -0.2) is 34.8 Å². The fourth-order valence-electron chi connectivity index (χ4n) is 2.97. The topological polar surface area (TPSA) is 49.2 Å². The first kappa shape index (κ1) is 15.1. The number of halogens is 1. The summed E-state index contributed by atoms with van der Waals surface area (Å²) in [4.78, 5) is 0. The summed E-state index contributed by atoms with van der Waals surface area (Å²) in [6, 6.07) is 4.05. The third kappa shape index (κ3) is 2.90. The Kier molecular flexibility index (Phi) is 3.89. The number of rotatable bonds is 7. The fraction of sp³-hybridized carbons (Fsp3) is 0.529. The van der Waals surface area contributed by atoms with E-state index in [4.69, 9.17) is 9.47 Å². The standard InChI is InChI=1S/C17H20BrN3O2/c1-2-7-17(9-22-10-17)11-23-14-6-5-13-16(15(14)18)19-20-21(13)8-12-3-4-12/h2,5-6,12H,1,3-4,7-11H2. The van der Waals surface area contributed by atoms with Gasteiger partial charge >= 0.3 is 0 Å². The number of fused-ring (bicyclic) bond motifs is 1. The van der Waals surface area contributed by atoms with Gasteiger partial charge in [-0.15, -0.1) is 11.7 Å². The summed E-state index contributed by atoms with van der Waals surface area (Å²) in [7, 11) is 0. The Labute approximate surface area is 143 Å². The lowest BCUT2D eigenvalue weighted by Gasteiger charge is -2.40. The summed E-state index contributed by atoms with van der Waals surface area (Å²) in [5, 5.41) is 8.61. The molecule has 4 rings (SSSR count). The molecule has 1 aromatic heterocycles. The number of benzene rings is 1. The number of hydrogen-bond acceptors (Lipinski definition) is 4. The van der Waals surface area contributed by atoms with Gasteiger partial charge in [0, 0.05) is 6.54 Å². The molecule has 2 heterocycles. The van der Waals surface area contributed by atoms with Crippen LogP contribution in [0.15, 0.2) is 29.3 Å². The van der Waals surface area contributed by atoms with Crippen LogP contribution >= 0.6 is 15.9 Å². The highest BCUT2D eigenvalue weighted by Gasteiger charge is 2.38. The first-order valence-electron chi connectivity index (χ1n) is 8.04. The number of allylic oxidation sites excluding steroid dienone is 1. The summed E-state index contributed by atoms with van der Waals surface area (Å²) >= 11 is 3.63. The zero-order valence-electron chi connectivity index (χ0n) is 13.0. The summed E-state index contributed by atoms with van der Waals surface area (Å²) in [6.45, 7) is 6.88. The Hall–Kier alpha value is -1.40. The van der Waals surface area contributed by atoms with Crippen LogP contribution in [0.1, 0.15) is 19.3 Å². The molecule has 1 aromatic carbocycles. The predicted molar refractivity (Wildman–Crippen MR) is 91.5 cm³/mol. The van der Waals surface area contributed by atoms with Crippen molar-refractivity contribution in [3.05, 3.63) is 29.3 Å². The van der Waals surface area contributed by atoms with E-state index in [1.807, 2.05) is 16.8 Å². The van der Waals surface area contributed by atoms with Gasteiger partial charge in [0.2, 0.25) is 0 Å². The lowest BCUT2D eigenvalue weighted by molar-refractivity contribution is -0.129. The quantitative estimate of drug-likeness (QED) is 0.692. The molecule has 0 radical (unpaired) electrons. The van der Waals surface area contributed by atoms with Crippen LogP contribution in [0.2, 0.25) is 0 Å². The lowest BCUT2D eigenvalue weighted by atomic mass is 9.83. The maximum atomic E-state index is 6.06. The highest BCUT2D eigenvalue weighted by Crippen LogP contribution is 2.37. The van der Waals surface area contributed by atoms with E-state index in [-0.39, 0.29) is 5.41 Å². The zero-order valence-corrected chi connectivity index (χ0v) is 14.6. The van der Waals surface area contributed by atoms with Gasteiger partial charge in [0.25, 0.3) is 0 Å². The van der Waals surface area contributed by atoms with E-state index in [0.717, 1.165) is 53.4 Å². The van der Waals surface area contributed by atoms with Crippen LogP contribution in [0.5, 0.6) is 5.75 Å². The summed E-state index contributed by atoms with van der Waals surface area (Å²) in [6.07, 6.45) is 5.45. The molecule has 1 aliphatic carbocycles. The molecule has 23 heavy (non-hydrogen) atoms. The minimum atomic E-state index is 0.0692. The Bertz CT molecular complexity index is 735. The van der Waals surface area contributed by atoms with Gasteiger partial charge < -0.3 is 9.47 Å². The van der Waals surface area contributed by atoms with Crippen molar-refractivity contribution in [2.75, 3.05) is 19.8 Å². The van der Waals surface area contributed by atoms with E-state index in [9.17, 15) is 0 Å². The maximum Gasteiger partial charge on any atom is 0.135 e. The van der Waals surface area contributed by atoms with Gasteiger partial charge in [-0.2, -0.15) is 0 Å². The molecule has 1 saturated heterocycles. The van der Waals surface area contributed by atoms with E-state index < -0.39 is 0 Å². The Morgan fingerprint density at radius 3 is 2.91 bits per heavy atom. The number of hydrogen-bond donors (Lipinski definition) is 0. The Morgan fingerprint density at radius 2 is 2.26 bits per heavy atom. The van der Waals surface area contributed by atoms with Crippen LogP contribution in [0.3, 0.4) is 0 Å². The average molecular weight is 378 g/mol. The van der Waals surface area contributed by atoms with Crippen molar-refractivity contribution in [3.8, 4) is 5.75 Å². The molecule has 2 aliphatic rings. The third-order valence-corrected chi connectivity index (χ3v) is 5.41. The second-order valence-corrected chi connectivity index (χ2v) is 7.53. The van der Waals surface area contributed by atoms with Gasteiger partial charge in [-0.05, 0) is 53.2 Å². The van der Waals surface area contributed by atoms with E-state index in [0.29, 0.717) is 6.61 Å². The van der Waals surface area contributed by atoms with Gasteiger partial charge in [0.1, 0.15) is 11.3 Å². The molecule has 1 aliphatic heterocycles. The molecule has 0 spiro atoms. The number of aromatic nitrogens is 3. The Morgan fingerprint density at radius 1 is 1.43 bits per heavy atom. The highest BCUT2D eigenvalue weighted by molar-refractivity contribution is 9.10. The molecule has 2 aromatic rings. The van der Waals surface area contributed by atoms with Crippen molar-refractivity contribution < 1.29 is 9.47 Å². The van der Waals surface area contributed by atoms with Crippen molar-refractivity contribution in [2.45, 2.75) is 25.8 Å². The van der Waals surface area contributed by atoms with Crippen LogP contribution in [-0.2, 0) is 11.3 Å². The predicted octanol–water partition coefficient (Wildman–Crippen LogP) is 3.58. The molecular formula is C17H20BrN3O2. The smallest absolute Gasteiger partial charge is 0.135 e. The molecule has 5 nitrogen and oxygen atoms in total. The van der Waals surface area contributed by atoms with Crippen LogP contribution in [0, 0.1) is 11.3 Å². The van der Waals surface area contributed by atoms with Crippen molar-refractivity contribution in [1.82, 2.24) is 15.0 Å². The molecular weight excluding hydrogens is 358 g/mol. The van der Waals surface area contributed by atoms with Crippen molar-refractivity contribution >= 4 is 27.0 Å². The van der Waals surface area contributed by atoms with Crippen LogP contribution in [0.4, 0.5) is 0 Å². The molecule has 0 N–H and O–H groups in total. The highest BCUT2D eigenvalue weighted by atomic mass is 79.9. The van der Waals surface area contributed by atoms with E-state index in [2.05, 4.69) is 38.9 Å². The molecule has 1 saturated carbocycles. The lowest BCUT2D eigenvalue weighted by Crippen LogP contribution is -2.46. The molecule has 0 unspecified atom stereocenters. The maximum absolute atomic E-state index is 6.06. The van der Waals surface area contributed by atoms with Crippen LogP contribution < -0.4 is 4.74 Å². The van der Waals surface area contributed by atoms with Gasteiger partial charge in [-0.25, -0.2) is 4.68 Å². The first-order chi connectivity index (χ1) is 11.2.